The lowest BCUT2D eigenvalue weighted by Crippen LogP contribution is -2.00. The quantitative estimate of drug-likeness (QED) is 0.540. The van der Waals surface area contributed by atoms with Gasteiger partial charge in [0.1, 0.15) is 5.69 Å². The summed E-state index contributed by atoms with van der Waals surface area (Å²) in [6.07, 6.45) is 0. The van der Waals surface area contributed by atoms with Crippen LogP contribution in [0.3, 0.4) is 0 Å². The van der Waals surface area contributed by atoms with Gasteiger partial charge >= 0.3 is 5.97 Å². The van der Waals surface area contributed by atoms with E-state index in [2.05, 4.69) is 4.98 Å². The second-order valence-electron chi connectivity index (χ2n) is 5.63. The maximum Gasteiger partial charge on any atom is 0.354 e. The number of nitrogens with zero attached hydrogens (tertiary/aromatic N) is 1. The van der Waals surface area contributed by atoms with Gasteiger partial charge in [-0.2, -0.15) is 0 Å². The number of carbonyl (C=O) groups is 1. The second kappa shape index (κ2) is 5.35. The van der Waals surface area contributed by atoms with Gasteiger partial charge in [-0.25, -0.2) is 9.78 Å². The lowest BCUT2D eigenvalue weighted by Gasteiger charge is -2.11. The van der Waals surface area contributed by atoms with Crippen LogP contribution in [0.25, 0.3) is 32.8 Å². The molecule has 1 heterocycles. The summed E-state index contributed by atoms with van der Waals surface area (Å²) in [5.74, 6) is -1.03. The van der Waals surface area contributed by atoms with Crippen molar-refractivity contribution in [1.82, 2.24) is 4.98 Å². The highest BCUT2D eigenvalue weighted by molar-refractivity contribution is 6.07. The summed E-state index contributed by atoms with van der Waals surface area (Å²) in [5.41, 5.74) is 9.39. The Labute approximate surface area is 138 Å². The van der Waals surface area contributed by atoms with Crippen LogP contribution in [0.5, 0.6) is 0 Å². The Bertz CT molecular complexity index is 1100. The Kier molecular flexibility index (Phi) is 3.17. The van der Waals surface area contributed by atoms with E-state index in [1.54, 1.807) is 6.07 Å². The maximum absolute atomic E-state index is 11.3. The first-order valence-corrected chi connectivity index (χ1v) is 7.56. The molecule has 4 heteroatoms. The van der Waals surface area contributed by atoms with Crippen LogP contribution in [0.4, 0.5) is 5.69 Å². The molecule has 4 rings (SSSR count). The molecule has 24 heavy (non-hydrogen) atoms. The van der Waals surface area contributed by atoms with Crippen LogP contribution < -0.4 is 5.73 Å². The van der Waals surface area contributed by atoms with E-state index in [0.29, 0.717) is 11.2 Å². The fourth-order valence-electron chi connectivity index (χ4n) is 3.05. The largest absolute Gasteiger partial charge is 0.477 e. The first-order chi connectivity index (χ1) is 11.6. The number of hydrogen-bond donors (Lipinski definition) is 2. The minimum atomic E-state index is -1.03. The average molecular weight is 314 g/mol. The van der Waals surface area contributed by atoms with Gasteiger partial charge in [-0.3, -0.25) is 0 Å². The standard InChI is InChI=1S/C20H14N2O2/c21-17-9-3-6-13-14(5-2-7-15(13)17)16-8-1-4-12-10-11-18(20(23)24)22-19(12)16/h1-11H,21H2,(H,23,24). The molecule has 1 aromatic heterocycles. The Balaban J connectivity index is 2.09. The lowest BCUT2D eigenvalue weighted by molar-refractivity contribution is 0.0691. The number of pyridine rings is 1. The van der Waals surface area contributed by atoms with E-state index in [1.165, 1.54) is 6.07 Å². The number of benzene rings is 3. The van der Waals surface area contributed by atoms with Crippen LogP contribution in [0.1, 0.15) is 10.5 Å². The van der Waals surface area contributed by atoms with E-state index in [0.717, 1.165) is 27.3 Å². The first kappa shape index (κ1) is 14.2. The lowest BCUT2D eigenvalue weighted by atomic mass is 9.95. The molecular weight excluding hydrogens is 300 g/mol. The minimum absolute atomic E-state index is 0.0368. The van der Waals surface area contributed by atoms with Crippen LogP contribution >= 0.6 is 0 Å². The molecule has 0 bridgehead atoms. The van der Waals surface area contributed by atoms with Crippen LogP contribution in [0.15, 0.2) is 66.7 Å². The van der Waals surface area contributed by atoms with Crippen molar-refractivity contribution < 1.29 is 9.90 Å². The van der Waals surface area contributed by atoms with Gasteiger partial charge in [-0.15, -0.1) is 0 Å². The Morgan fingerprint density at radius 1 is 0.833 bits per heavy atom. The topological polar surface area (TPSA) is 76.2 Å². The zero-order valence-corrected chi connectivity index (χ0v) is 12.7. The third-order valence-corrected chi connectivity index (χ3v) is 4.19. The number of fused-ring (bicyclic) bond motifs is 2. The smallest absolute Gasteiger partial charge is 0.354 e. The molecule has 0 fully saturated rings. The van der Waals surface area contributed by atoms with Crippen LogP contribution in [-0.2, 0) is 0 Å². The highest BCUT2D eigenvalue weighted by atomic mass is 16.4. The number of rotatable bonds is 2. The van der Waals surface area contributed by atoms with Gasteiger partial charge in [-0.1, -0.05) is 54.6 Å². The summed E-state index contributed by atoms with van der Waals surface area (Å²) in [6, 6.07) is 20.9. The van der Waals surface area contributed by atoms with Crippen LogP contribution in [-0.4, -0.2) is 16.1 Å². The van der Waals surface area contributed by atoms with Crippen molar-refractivity contribution in [1.29, 1.82) is 0 Å². The number of nitrogens with two attached hydrogens (primary N) is 1. The number of aromatic nitrogens is 1. The molecule has 3 N–H and O–H groups in total. The number of nitrogen functional groups attached to an aromatic ring is 1. The third-order valence-electron chi connectivity index (χ3n) is 4.19. The average Bonchev–Trinajstić information content (AvgIpc) is 2.61. The van der Waals surface area contributed by atoms with Crippen molar-refractivity contribution in [3.8, 4) is 11.1 Å². The Hall–Kier alpha value is -3.40. The molecule has 0 amide bonds. The summed E-state index contributed by atoms with van der Waals surface area (Å²) in [4.78, 5) is 15.6. The SMILES string of the molecule is Nc1cccc2c(-c3cccc4ccc(C(=O)O)nc34)cccc12. The van der Waals surface area contributed by atoms with Gasteiger partial charge < -0.3 is 10.8 Å². The van der Waals surface area contributed by atoms with Gasteiger partial charge in [0.25, 0.3) is 0 Å². The molecule has 0 radical (unpaired) electrons. The second-order valence-corrected chi connectivity index (χ2v) is 5.63. The van der Waals surface area contributed by atoms with Gasteiger partial charge in [0.15, 0.2) is 0 Å². The van der Waals surface area contributed by atoms with Crippen molar-refractivity contribution in [3.63, 3.8) is 0 Å². The molecule has 0 aliphatic heterocycles. The predicted molar refractivity (Wildman–Crippen MR) is 96.1 cm³/mol. The molecule has 0 saturated heterocycles. The van der Waals surface area contributed by atoms with E-state index in [1.807, 2.05) is 54.6 Å². The molecule has 116 valence electrons. The monoisotopic (exact) mass is 314 g/mol. The van der Waals surface area contributed by atoms with Crippen molar-refractivity contribution in [2.24, 2.45) is 0 Å². The molecule has 0 saturated carbocycles. The van der Waals surface area contributed by atoms with E-state index in [-0.39, 0.29) is 5.69 Å². The van der Waals surface area contributed by atoms with E-state index in [9.17, 15) is 9.90 Å². The summed E-state index contributed by atoms with van der Waals surface area (Å²) in [7, 11) is 0. The van der Waals surface area contributed by atoms with Crippen molar-refractivity contribution in [2.45, 2.75) is 0 Å². The zero-order chi connectivity index (χ0) is 16.7. The molecule has 0 atom stereocenters. The number of anilines is 1. The van der Waals surface area contributed by atoms with Gasteiger partial charge in [-0.05, 0) is 23.1 Å². The van der Waals surface area contributed by atoms with Gasteiger partial charge in [0, 0.05) is 22.0 Å². The zero-order valence-electron chi connectivity index (χ0n) is 12.7. The summed E-state index contributed by atoms with van der Waals surface area (Å²) in [6.45, 7) is 0. The van der Waals surface area contributed by atoms with Crippen LogP contribution in [0.2, 0.25) is 0 Å². The highest BCUT2D eigenvalue weighted by Crippen LogP contribution is 2.34. The van der Waals surface area contributed by atoms with Gasteiger partial charge in [0.2, 0.25) is 0 Å². The Morgan fingerprint density at radius 3 is 2.38 bits per heavy atom. The fraction of sp³-hybridized carbons (Fsp3) is 0. The van der Waals surface area contributed by atoms with Crippen molar-refractivity contribution in [3.05, 3.63) is 72.4 Å². The number of carboxylic acids is 1. The third kappa shape index (κ3) is 2.16. The molecule has 4 nitrogen and oxygen atoms in total. The van der Waals surface area contributed by atoms with E-state index in [4.69, 9.17) is 5.73 Å². The molecule has 3 aromatic carbocycles. The molecule has 0 aliphatic carbocycles. The minimum Gasteiger partial charge on any atom is -0.477 e. The van der Waals surface area contributed by atoms with Crippen molar-refractivity contribution >= 4 is 33.3 Å². The maximum atomic E-state index is 11.3. The summed E-state index contributed by atoms with van der Waals surface area (Å²) in [5, 5.41) is 12.1. The number of carboxylic acid groups (broad SMARTS) is 1. The van der Waals surface area contributed by atoms with E-state index >= 15 is 0 Å². The summed E-state index contributed by atoms with van der Waals surface area (Å²) >= 11 is 0. The molecule has 0 aliphatic rings. The molecule has 0 spiro atoms. The Morgan fingerprint density at radius 2 is 1.54 bits per heavy atom. The van der Waals surface area contributed by atoms with Gasteiger partial charge in [0.05, 0.1) is 5.52 Å². The molecule has 4 aromatic rings. The number of para-hydroxylation sites is 1. The van der Waals surface area contributed by atoms with Crippen LogP contribution in [0, 0.1) is 0 Å². The summed E-state index contributed by atoms with van der Waals surface area (Å²) < 4.78 is 0. The highest BCUT2D eigenvalue weighted by Gasteiger charge is 2.12. The fourth-order valence-corrected chi connectivity index (χ4v) is 3.05. The van der Waals surface area contributed by atoms with Crippen molar-refractivity contribution in [2.75, 3.05) is 5.73 Å². The molecular formula is C20H14N2O2. The number of hydrogen-bond acceptors (Lipinski definition) is 3. The predicted octanol–water partition coefficient (Wildman–Crippen LogP) is 4.34. The number of aromatic carboxylic acids is 1. The first-order valence-electron chi connectivity index (χ1n) is 7.56. The molecule has 0 unspecified atom stereocenters. The van der Waals surface area contributed by atoms with E-state index < -0.39 is 5.97 Å². The normalized spacial score (nSPS) is 11.0.